The number of nitrogens with one attached hydrogen (secondary N) is 1. The molecule has 0 unspecified atom stereocenters. The molecule has 1 N–H and O–H groups in total. The Bertz CT molecular complexity index is 672. The van der Waals surface area contributed by atoms with E-state index in [9.17, 15) is 4.79 Å². The summed E-state index contributed by atoms with van der Waals surface area (Å²) in [7, 11) is 1.65. The number of benzene rings is 2. The number of ether oxygens (including phenoxy) is 1. The number of halogens is 2. The fraction of sp³-hybridized carbons (Fsp3) is 0.316. The molecule has 0 aliphatic heterocycles. The quantitative estimate of drug-likeness (QED) is 0.689. The molecule has 3 nitrogen and oxygen atoms in total. The van der Waals surface area contributed by atoms with E-state index in [2.05, 4.69) is 5.32 Å². The minimum Gasteiger partial charge on any atom is -0.497 e. The van der Waals surface area contributed by atoms with Crippen LogP contribution < -0.4 is 10.1 Å². The first kappa shape index (κ1) is 18.6. The summed E-state index contributed by atoms with van der Waals surface area (Å²) in [5.41, 5.74) is 2.17. The molecule has 1 amide bonds. The van der Waals surface area contributed by atoms with Gasteiger partial charge in [-0.3, -0.25) is 4.79 Å². The Kier molecular flexibility index (Phi) is 7.41. The molecule has 2 aromatic rings. The Morgan fingerprint density at radius 3 is 2.50 bits per heavy atom. The molecule has 0 fully saturated rings. The second kappa shape index (κ2) is 9.55. The zero-order valence-electron chi connectivity index (χ0n) is 13.6. The van der Waals surface area contributed by atoms with Gasteiger partial charge in [0.1, 0.15) is 5.75 Å². The van der Waals surface area contributed by atoms with Crippen LogP contribution in [-0.4, -0.2) is 19.6 Å². The lowest BCUT2D eigenvalue weighted by Crippen LogP contribution is -2.25. The number of rotatable bonds is 8. The average Bonchev–Trinajstić information content (AvgIpc) is 2.58. The summed E-state index contributed by atoms with van der Waals surface area (Å²) in [6.07, 6.45) is 2.86. The largest absolute Gasteiger partial charge is 0.497 e. The zero-order valence-corrected chi connectivity index (χ0v) is 15.2. The maximum Gasteiger partial charge on any atom is 0.220 e. The molecule has 2 aromatic carbocycles. The van der Waals surface area contributed by atoms with Gasteiger partial charge < -0.3 is 10.1 Å². The zero-order chi connectivity index (χ0) is 17.4. The van der Waals surface area contributed by atoms with Crippen LogP contribution >= 0.6 is 23.2 Å². The Labute approximate surface area is 152 Å². The Morgan fingerprint density at radius 1 is 1.08 bits per heavy atom. The molecular formula is C19H21Cl2NO2. The highest BCUT2D eigenvalue weighted by Crippen LogP contribution is 2.22. The van der Waals surface area contributed by atoms with Gasteiger partial charge in [0.25, 0.3) is 0 Å². The number of amides is 1. The van der Waals surface area contributed by atoms with Gasteiger partial charge in [-0.15, -0.1) is 0 Å². The van der Waals surface area contributed by atoms with Gasteiger partial charge in [0.2, 0.25) is 5.91 Å². The average molecular weight is 366 g/mol. The van der Waals surface area contributed by atoms with E-state index in [1.54, 1.807) is 19.2 Å². The molecule has 0 spiro atoms. The molecule has 0 saturated heterocycles. The van der Waals surface area contributed by atoms with E-state index >= 15 is 0 Å². The van der Waals surface area contributed by atoms with Crippen LogP contribution in [0.3, 0.4) is 0 Å². The Balaban J connectivity index is 1.65. The van der Waals surface area contributed by atoms with Crippen molar-refractivity contribution in [3.63, 3.8) is 0 Å². The Morgan fingerprint density at radius 2 is 1.83 bits per heavy atom. The molecule has 0 aliphatic carbocycles. The van der Waals surface area contributed by atoms with Crippen LogP contribution in [0.4, 0.5) is 0 Å². The highest BCUT2D eigenvalue weighted by molar-refractivity contribution is 6.35. The van der Waals surface area contributed by atoms with Crippen LogP contribution in [0.1, 0.15) is 24.0 Å². The minimum atomic E-state index is 0.0377. The van der Waals surface area contributed by atoms with E-state index < -0.39 is 0 Å². The minimum absolute atomic E-state index is 0.0377. The summed E-state index contributed by atoms with van der Waals surface area (Å²) < 4.78 is 5.13. The van der Waals surface area contributed by atoms with Crippen LogP contribution in [0.25, 0.3) is 0 Å². The van der Waals surface area contributed by atoms with Crippen molar-refractivity contribution < 1.29 is 9.53 Å². The maximum atomic E-state index is 11.9. The first-order valence-corrected chi connectivity index (χ1v) is 8.67. The maximum absolute atomic E-state index is 11.9. The summed E-state index contributed by atoms with van der Waals surface area (Å²) in [4.78, 5) is 11.9. The lowest BCUT2D eigenvalue weighted by molar-refractivity contribution is -0.121. The van der Waals surface area contributed by atoms with Crippen LogP contribution in [-0.2, 0) is 17.6 Å². The fourth-order valence-electron chi connectivity index (χ4n) is 2.37. The number of hydrogen-bond acceptors (Lipinski definition) is 2. The van der Waals surface area contributed by atoms with E-state index in [0.717, 1.165) is 24.2 Å². The van der Waals surface area contributed by atoms with E-state index in [4.69, 9.17) is 27.9 Å². The van der Waals surface area contributed by atoms with Crippen molar-refractivity contribution in [1.29, 1.82) is 0 Å². The van der Waals surface area contributed by atoms with E-state index in [1.165, 1.54) is 5.56 Å². The molecule has 0 aromatic heterocycles. The molecule has 0 saturated carbocycles. The molecule has 2 rings (SSSR count). The molecule has 5 heteroatoms. The van der Waals surface area contributed by atoms with Gasteiger partial charge in [0.05, 0.1) is 7.11 Å². The van der Waals surface area contributed by atoms with Crippen molar-refractivity contribution in [3.8, 4) is 5.75 Å². The summed E-state index contributed by atoms with van der Waals surface area (Å²) in [5, 5.41) is 4.15. The summed E-state index contributed by atoms with van der Waals surface area (Å²) in [6.45, 7) is 0.666. The first-order chi connectivity index (χ1) is 11.6. The molecule has 0 radical (unpaired) electrons. The fourth-order valence-corrected chi connectivity index (χ4v) is 2.88. The molecule has 0 aliphatic rings. The van der Waals surface area contributed by atoms with Gasteiger partial charge in [0, 0.05) is 23.0 Å². The first-order valence-electron chi connectivity index (χ1n) is 7.92. The molecule has 0 heterocycles. The lowest BCUT2D eigenvalue weighted by Gasteiger charge is -2.07. The van der Waals surface area contributed by atoms with E-state index in [0.29, 0.717) is 29.4 Å². The monoisotopic (exact) mass is 365 g/mol. The third-order valence-corrected chi connectivity index (χ3v) is 4.35. The van der Waals surface area contributed by atoms with Crippen LogP contribution in [0.5, 0.6) is 5.75 Å². The van der Waals surface area contributed by atoms with E-state index in [-0.39, 0.29) is 5.91 Å². The summed E-state index contributed by atoms with van der Waals surface area (Å²) in [6, 6.07) is 13.3. The van der Waals surface area contributed by atoms with Crippen LogP contribution in [0.2, 0.25) is 10.0 Å². The highest BCUT2D eigenvalue weighted by Gasteiger charge is 2.05. The highest BCUT2D eigenvalue weighted by atomic mass is 35.5. The van der Waals surface area contributed by atoms with Gasteiger partial charge in [-0.2, -0.15) is 0 Å². The molecule has 0 bridgehead atoms. The lowest BCUT2D eigenvalue weighted by atomic mass is 10.1. The third kappa shape index (κ3) is 6.06. The van der Waals surface area contributed by atoms with Crippen molar-refractivity contribution >= 4 is 29.1 Å². The normalized spacial score (nSPS) is 10.5. The predicted octanol–water partition coefficient (Wildman–Crippen LogP) is 4.68. The topological polar surface area (TPSA) is 38.3 Å². The molecule has 0 atom stereocenters. The molecular weight excluding hydrogens is 345 g/mol. The summed E-state index contributed by atoms with van der Waals surface area (Å²) in [5.74, 6) is 0.892. The van der Waals surface area contributed by atoms with E-state index in [1.807, 2.05) is 30.3 Å². The van der Waals surface area contributed by atoms with Crippen LogP contribution in [0.15, 0.2) is 42.5 Å². The third-order valence-electron chi connectivity index (χ3n) is 3.76. The summed E-state index contributed by atoms with van der Waals surface area (Å²) >= 11 is 12.0. The van der Waals surface area contributed by atoms with Gasteiger partial charge in [0.15, 0.2) is 0 Å². The van der Waals surface area contributed by atoms with Crippen molar-refractivity contribution in [2.24, 2.45) is 0 Å². The SMILES string of the molecule is COc1ccc(CCCNC(=O)CCc2ccc(Cl)cc2Cl)cc1. The number of methoxy groups -OCH3 is 1. The van der Waals surface area contributed by atoms with Crippen molar-refractivity contribution in [2.75, 3.05) is 13.7 Å². The smallest absolute Gasteiger partial charge is 0.220 e. The van der Waals surface area contributed by atoms with Gasteiger partial charge in [-0.05, 0) is 54.7 Å². The Hall–Kier alpha value is -1.71. The van der Waals surface area contributed by atoms with Crippen LogP contribution in [0, 0.1) is 0 Å². The molecule has 24 heavy (non-hydrogen) atoms. The molecule has 128 valence electrons. The number of aryl methyl sites for hydroxylation is 2. The standard InChI is InChI=1S/C19H21Cl2NO2/c1-24-17-9-4-14(5-10-17)3-2-12-22-19(23)11-7-15-6-8-16(20)13-18(15)21/h4-6,8-10,13H,2-3,7,11-12H2,1H3,(H,22,23). The van der Waals surface area contributed by atoms with Crippen molar-refractivity contribution in [3.05, 3.63) is 63.6 Å². The second-order valence-electron chi connectivity index (χ2n) is 5.54. The van der Waals surface area contributed by atoms with Gasteiger partial charge in [-0.25, -0.2) is 0 Å². The predicted molar refractivity (Wildman–Crippen MR) is 99.1 cm³/mol. The second-order valence-corrected chi connectivity index (χ2v) is 6.38. The van der Waals surface area contributed by atoms with Crippen molar-refractivity contribution in [2.45, 2.75) is 25.7 Å². The van der Waals surface area contributed by atoms with Gasteiger partial charge in [-0.1, -0.05) is 41.4 Å². The number of carbonyl (C=O) groups is 1. The number of hydrogen-bond donors (Lipinski definition) is 1. The number of carbonyl (C=O) groups excluding carboxylic acids is 1. The van der Waals surface area contributed by atoms with Gasteiger partial charge >= 0.3 is 0 Å². The van der Waals surface area contributed by atoms with Crippen molar-refractivity contribution in [1.82, 2.24) is 5.32 Å².